The van der Waals surface area contributed by atoms with Gasteiger partial charge in [-0.3, -0.25) is 14.4 Å². The van der Waals surface area contributed by atoms with E-state index >= 15 is 0 Å². The molecule has 4 saturated carbocycles. The summed E-state index contributed by atoms with van der Waals surface area (Å²) in [6, 6.07) is 0. The predicted molar refractivity (Wildman–Crippen MR) is 132 cm³/mol. The zero-order valence-electron chi connectivity index (χ0n) is 22.6. The summed E-state index contributed by atoms with van der Waals surface area (Å²) in [6.07, 6.45) is 9.80. The van der Waals surface area contributed by atoms with Crippen LogP contribution in [0.2, 0.25) is 0 Å². The zero-order valence-corrected chi connectivity index (χ0v) is 22.6. The lowest BCUT2D eigenvalue weighted by Crippen LogP contribution is -2.59. The van der Waals surface area contributed by atoms with Crippen LogP contribution in [0.5, 0.6) is 0 Å². The van der Waals surface area contributed by atoms with Crippen molar-refractivity contribution >= 4 is 17.9 Å². The normalized spacial score (nSPS) is 43.2. The first-order valence-electron chi connectivity index (χ1n) is 13.9. The zero-order chi connectivity index (χ0) is 25.5. The van der Waals surface area contributed by atoms with Crippen LogP contribution in [-0.4, -0.2) is 37.2 Å². The first-order chi connectivity index (χ1) is 16.5. The maximum absolute atomic E-state index is 12.2. The fourth-order valence-electron chi connectivity index (χ4n) is 9.46. The minimum atomic E-state index is -0.199. The number of hydrogen-bond donors (Lipinski definition) is 0. The molecule has 0 saturated heterocycles. The Kier molecular flexibility index (Phi) is 7.60. The number of carbonyl (C=O) groups is 3. The number of hydrogen-bond acceptors (Lipinski definition) is 6. The Labute approximate surface area is 211 Å². The van der Waals surface area contributed by atoms with Crippen LogP contribution in [0.15, 0.2) is 0 Å². The predicted octanol–water partition coefficient (Wildman–Crippen LogP) is 5.71. The molecule has 0 N–H and O–H groups in total. The van der Waals surface area contributed by atoms with Gasteiger partial charge in [-0.1, -0.05) is 20.8 Å². The van der Waals surface area contributed by atoms with Crippen molar-refractivity contribution in [3.05, 3.63) is 0 Å². The second-order valence-electron chi connectivity index (χ2n) is 12.7. The van der Waals surface area contributed by atoms with Crippen LogP contribution in [-0.2, 0) is 28.6 Å². The molecule has 0 aromatic heterocycles. The summed E-state index contributed by atoms with van der Waals surface area (Å²) in [4.78, 5) is 35.6. The molecule has 0 bridgehead atoms. The Balaban J connectivity index is 1.57. The van der Waals surface area contributed by atoms with E-state index < -0.39 is 0 Å². The third-order valence-electron chi connectivity index (χ3n) is 11.1. The van der Waals surface area contributed by atoms with Gasteiger partial charge in [0.15, 0.2) is 0 Å². The number of rotatable bonds is 6. The van der Waals surface area contributed by atoms with Gasteiger partial charge in [-0.15, -0.1) is 0 Å². The van der Waals surface area contributed by atoms with E-state index in [9.17, 15) is 14.4 Å². The molecule has 0 spiro atoms. The molecule has 10 atom stereocenters. The van der Waals surface area contributed by atoms with Gasteiger partial charge < -0.3 is 14.2 Å². The third-order valence-corrected chi connectivity index (χ3v) is 11.1. The maximum Gasteiger partial charge on any atom is 0.305 e. The Morgan fingerprint density at radius 1 is 0.886 bits per heavy atom. The van der Waals surface area contributed by atoms with Crippen molar-refractivity contribution in [1.82, 2.24) is 0 Å². The van der Waals surface area contributed by atoms with E-state index in [1.54, 1.807) is 6.92 Å². The van der Waals surface area contributed by atoms with Crippen LogP contribution in [0.4, 0.5) is 0 Å². The standard InChI is InChI=1S/C29H46O6/c1-17(7-10-26(32)33-6)22-8-9-23-27-24(12-14-29(22,23)5)28(4)13-11-21(34-18(2)30)15-20(28)16-25(27)35-19(3)31/h17,20-25,27H,7-16H2,1-6H3/t17-,20-,21+,22+,23+,24-,25+,27+,28-,29+/m0/s1. The van der Waals surface area contributed by atoms with Gasteiger partial charge in [-0.25, -0.2) is 0 Å². The van der Waals surface area contributed by atoms with Crippen LogP contribution in [0.3, 0.4) is 0 Å². The van der Waals surface area contributed by atoms with E-state index in [2.05, 4.69) is 20.8 Å². The lowest BCUT2D eigenvalue weighted by molar-refractivity contribution is -0.197. The van der Waals surface area contributed by atoms with Crippen molar-refractivity contribution in [1.29, 1.82) is 0 Å². The summed E-state index contributed by atoms with van der Waals surface area (Å²) >= 11 is 0. The minimum Gasteiger partial charge on any atom is -0.469 e. The molecular weight excluding hydrogens is 444 g/mol. The molecular formula is C29H46O6. The summed E-state index contributed by atoms with van der Waals surface area (Å²) in [5.74, 6) is 2.43. The second-order valence-corrected chi connectivity index (χ2v) is 12.7. The van der Waals surface area contributed by atoms with E-state index in [1.165, 1.54) is 39.7 Å². The van der Waals surface area contributed by atoms with E-state index in [0.717, 1.165) is 32.1 Å². The quantitative estimate of drug-likeness (QED) is 0.351. The van der Waals surface area contributed by atoms with Crippen LogP contribution in [0.1, 0.15) is 98.8 Å². The molecule has 0 aromatic carbocycles. The molecule has 0 amide bonds. The van der Waals surface area contributed by atoms with Crippen LogP contribution in [0.25, 0.3) is 0 Å². The molecule has 198 valence electrons. The van der Waals surface area contributed by atoms with Gasteiger partial charge in [-0.2, -0.15) is 0 Å². The molecule has 0 aromatic rings. The van der Waals surface area contributed by atoms with Crippen molar-refractivity contribution in [2.45, 2.75) is 111 Å². The highest BCUT2D eigenvalue weighted by Crippen LogP contribution is 2.68. The molecule has 0 unspecified atom stereocenters. The van der Waals surface area contributed by atoms with Crippen LogP contribution < -0.4 is 0 Å². The van der Waals surface area contributed by atoms with E-state index in [-0.39, 0.29) is 40.9 Å². The van der Waals surface area contributed by atoms with Gasteiger partial charge in [0.05, 0.1) is 7.11 Å². The average molecular weight is 491 g/mol. The molecule has 4 aliphatic rings. The highest BCUT2D eigenvalue weighted by molar-refractivity contribution is 5.69. The Morgan fingerprint density at radius 3 is 2.20 bits per heavy atom. The number of ether oxygens (including phenoxy) is 3. The van der Waals surface area contributed by atoms with Crippen LogP contribution in [0, 0.1) is 46.3 Å². The SMILES string of the molecule is COC(=O)CC[C@H](C)[C@H]1CC[C@@H]2[C@H]3[C@H](OC(C)=O)C[C@@H]4C[C@H](OC(C)=O)CC[C@]4(C)[C@H]3CC[C@@]21C. The lowest BCUT2D eigenvalue weighted by Gasteiger charge is -2.62. The summed E-state index contributed by atoms with van der Waals surface area (Å²) in [7, 11) is 1.47. The number of fused-ring (bicyclic) bond motifs is 5. The molecule has 4 fully saturated rings. The Hall–Kier alpha value is -1.59. The molecule has 0 radical (unpaired) electrons. The first-order valence-corrected chi connectivity index (χ1v) is 13.9. The van der Waals surface area contributed by atoms with Crippen molar-refractivity contribution < 1.29 is 28.6 Å². The molecule has 6 heteroatoms. The monoisotopic (exact) mass is 490 g/mol. The molecule has 35 heavy (non-hydrogen) atoms. The van der Waals surface area contributed by atoms with Gasteiger partial charge in [0.2, 0.25) is 0 Å². The summed E-state index contributed by atoms with van der Waals surface area (Å²) < 4.78 is 16.6. The largest absolute Gasteiger partial charge is 0.469 e. The Morgan fingerprint density at radius 2 is 1.54 bits per heavy atom. The van der Waals surface area contributed by atoms with Crippen LogP contribution >= 0.6 is 0 Å². The smallest absolute Gasteiger partial charge is 0.305 e. The van der Waals surface area contributed by atoms with Crippen molar-refractivity contribution in [2.75, 3.05) is 7.11 Å². The number of methoxy groups -OCH3 is 1. The van der Waals surface area contributed by atoms with Crippen molar-refractivity contribution in [2.24, 2.45) is 46.3 Å². The number of carbonyl (C=O) groups excluding carboxylic acids is 3. The van der Waals surface area contributed by atoms with Crippen molar-refractivity contribution in [3.63, 3.8) is 0 Å². The number of esters is 3. The molecule has 4 aliphatic carbocycles. The average Bonchev–Trinajstić information content (AvgIpc) is 3.14. The lowest BCUT2D eigenvalue weighted by atomic mass is 9.43. The van der Waals surface area contributed by atoms with Gasteiger partial charge >= 0.3 is 17.9 Å². The first kappa shape index (κ1) is 26.5. The minimum absolute atomic E-state index is 0.0134. The molecule has 6 nitrogen and oxygen atoms in total. The molecule has 4 rings (SSSR count). The van der Waals surface area contributed by atoms with E-state index in [0.29, 0.717) is 41.9 Å². The highest BCUT2D eigenvalue weighted by Gasteiger charge is 2.63. The topological polar surface area (TPSA) is 78.9 Å². The summed E-state index contributed by atoms with van der Waals surface area (Å²) in [6.45, 7) is 10.3. The van der Waals surface area contributed by atoms with Gasteiger partial charge in [0, 0.05) is 26.2 Å². The third kappa shape index (κ3) is 4.87. The van der Waals surface area contributed by atoms with Gasteiger partial charge in [0.25, 0.3) is 0 Å². The van der Waals surface area contributed by atoms with E-state index in [1.807, 2.05) is 0 Å². The Bertz CT molecular complexity index is 824. The van der Waals surface area contributed by atoms with E-state index in [4.69, 9.17) is 14.2 Å². The molecule has 0 heterocycles. The van der Waals surface area contributed by atoms with Gasteiger partial charge in [0.1, 0.15) is 12.2 Å². The van der Waals surface area contributed by atoms with Crippen molar-refractivity contribution in [3.8, 4) is 0 Å². The fourth-order valence-corrected chi connectivity index (χ4v) is 9.46. The van der Waals surface area contributed by atoms with Gasteiger partial charge in [-0.05, 0) is 98.2 Å². The molecule has 0 aliphatic heterocycles. The highest BCUT2D eigenvalue weighted by atomic mass is 16.5. The second kappa shape index (κ2) is 10.0. The summed E-state index contributed by atoms with van der Waals surface area (Å²) in [5, 5.41) is 0. The maximum atomic E-state index is 12.2. The summed E-state index contributed by atoms with van der Waals surface area (Å²) in [5.41, 5.74) is 0.418. The fraction of sp³-hybridized carbons (Fsp3) is 0.897.